The van der Waals surface area contributed by atoms with E-state index in [4.69, 9.17) is 25.6 Å². The molecule has 0 aliphatic heterocycles. The van der Waals surface area contributed by atoms with Gasteiger partial charge in [0, 0.05) is 17.4 Å². The number of carbonyl (C=O) groups excluding carboxylic acids is 2. The first-order chi connectivity index (χ1) is 13.8. The van der Waals surface area contributed by atoms with E-state index >= 15 is 0 Å². The van der Waals surface area contributed by atoms with Gasteiger partial charge >= 0.3 is 17.6 Å². The van der Waals surface area contributed by atoms with Crippen molar-refractivity contribution < 1.29 is 28.5 Å². The molecule has 0 amide bonds. The maximum Gasteiger partial charge on any atom is 0.334 e. The molecule has 2 rings (SSSR count). The van der Waals surface area contributed by atoms with Crippen LogP contribution in [0.15, 0.2) is 28.8 Å². The second kappa shape index (κ2) is 10.0. The number of aryl methyl sites for hydroxylation is 1. The fourth-order valence-electron chi connectivity index (χ4n) is 3.03. The number of esters is 2. The number of nitro groups is 1. The third-order valence-electron chi connectivity index (χ3n) is 4.25. The summed E-state index contributed by atoms with van der Waals surface area (Å²) in [4.78, 5) is 36.1. The molecule has 0 saturated carbocycles. The molecule has 0 bridgehead atoms. The van der Waals surface area contributed by atoms with Crippen molar-refractivity contribution in [2.45, 2.75) is 33.1 Å². The van der Waals surface area contributed by atoms with Gasteiger partial charge in [-0.15, -0.1) is 0 Å². The molecule has 0 N–H and O–H groups in total. The van der Waals surface area contributed by atoms with E-state index in [-0.39, 0.29) is 36.8 Å². The zero-order valence-corrected chi connectivity index (χ0v) is 17.0. The number of nitrogens with zero attached hydrogens (tertiary/aromatic N) is 2. The summed E-state index contributed by atoms with van der Waals surface area (Å²) < 4.78 is 15.3. The lowest BCUT2D eigenvalue weighted by atomic mass is 9.82. The van der Waals surface area contributed by atoms with Gasteiger partial charge in [0.05, 0.1) is 18.1 Å². The summed E-state index contributed by atoms with van der Waals surface area (Å²) in [6.07, 6.45) is -0.153. The van der Waals surface area contributed by atoms with E-state index in [1.807, 2.05) is 0 Å². The number of halogens is 1. The first kappa shape index (κ1) is 22.4. The standard InChI is InChI=1S/C19H21ClN2O7/c1-4-27-18(23)16(19(24)28-5-2)14(12-7-6-8-13(20)9-12)10-15-17(22(25)26)11(3)21-29-15/h6-9,14,16H,4-5,10H2,1-3H3. The fourth-order valence-corrected chi connectivity index (χ4v) is 3.23. The number of ether oxygens (including phenoxy) is 2. The Labute approximate surface area is 172 Å². The lowest BCUT2D eigenvalue weighted by Gasteiger charge is -2.24. The molecule has 0 aliphatic carbocycles. The van der Waals surface area contributed by atoms with Gasteiger partial charge in [0.25, 0.3) is 0 Å². The lowest BCUT2D eigenvalue weighted by molar-refractivity contribution is -0.386. The van der Waals surface area contributed by atoms with Crippen molar-refractivity contribution in [2.24, 2.45) is 5.92 Å². The minimum absolute atomic E-state index is 0.0541. The molecule has 29 heavy (non-hydrogen) atoms. The second-order valence-corrected chi connectivity index (χ2v) is 6.58. The van der Waals surface area contributed by atoms with Gasteiger partial charge in [-0.3, -0.25) is 19.7 Å². The quantitative estimate of drug-likeness (QED) is 0.259. The average Bonchev–Trinajstić information content (AvgIpc) is 3.02. The van der Waals surface area contributed by atoms with Crippen LogP contribution in [0.3, 0.4) is 0 Å². The van der Waals surface area contributed by atoms with Gasteiger partial charge in [0.1, 0.15) is 0 Å². The van der Waals surface area contributed by atoms with E-state index in [9.17, 15) is 19.7 Å². The third-order valence-corrected chi connectivity index (χ3v) is 4.48. The Kier molecular flexibility index (Phi) is 7.72. The normalized spacial score (nSPS) is 11.9. The van der Waals surface area contributed by atoms with Crippen molar-refractivity contribution >= 4 is 29.2 Å². The molecule has 1 unspecified atom stereocenters. The van der Waals surface area contributed by atoms with Crippen molar-refractivity contribution in [3.63, 3.8) is 0 Å². The smallest absolute Gasteiger partial charge is 0.334 e. The molecule has 10 heteroatoms. The summed E-state index contributed by atoms with van der Waals surface area (Å²) in [6, 6.07) is 6.52. The molecule has 0 fully saturated rings. The van der Waals surface area contributed by atoms with Crippen molar-refractivity contribution in [3.05, 3.63) is 56.4 Å². The molecule has 1 heterocycles. The molecule has 0 radical (unpaired) electrons. The Morgan fingerprint density at radius 3 is 2.38 bits per heavy atom. The van der Waals surface area contributed by atoms with Crippen LogP contribution in [0.4, 0.5) is 5.69 Å². The van der Waals surface area contributed by atoms with Crippen molar-refractivity contribution in [2.75, 3.05) is 13.2 Å². The Balaban J connectivity index is 2.57. The number of hydrogen-bond donors (Lipinski definition) is 0. The van der Waals surface area contributed by atoms with Crippen LogP contribution < -0.4 is 0 Å². The Bertz CT molecular complexity index is 878. The van der Waals surface area contributed by atoms with Gasteiger partial charge < -0.3 is 14.0 Å². The summed E-state index contributed by atoms with van der Waals surface area (Å²) in [5.41, 5.74) is 0.300. The van der Waals surface area contributed by atoms with Crippen LogP contribution in [0.5, 0.6) is 0 Å². The summed E-state index contributed by atoms with van der Waals surface area (Å²) in [5.74, 6) is -3.89. The molecular weight excluding hydrogens is 404 g/mol. The van der Waals surface area contributed by atoms with Crippen LogP contribution in [-0.4, -0.2) is 35.2 Å². The van der Waals surface area contributed by atoms with E-state index < -0.39 is 28.7 Å². The summed E-state index contributed by atoms with van der Waals surface area (Å²) in [6.45, 7) is 4.77. The molecule has 0 spiro atoms. The van der Waals surface area contributed by atoms with Gasteiger partial charge in [0.15, 0.2) is 11.6 Å². The van der Waals surface area contributed by atoms with Crippen LogP contribution >= 0.6 is 11.6 Å². The predicted molar refractivity (Wildman–Crippen MR) is 103 cm³/mol. The Morgan fingerprint density at radius 2 is 1.86 bits per heavy atom. The molecule has 1 atom stereocenters. The van der Waals surface area contributed by atoms with Crippen LogP contribution in [0, 0.1) is 23.0 Å². The molecule has 1 aromatic heterocycles. The molecule has 9 nitrogen and oxygen atoms in total. The molecule has 2 aromatic rings. The summed E-state index contributed by atoms with van der Waals surface area (Å²) in [5, 5.41) is 15.4. The van der Waals surface area contributed by atoms with Gasteiger partial charge in [-0.2, -0.15) is 0 Å². The number of carbonyl (C=O) groups is 2. The predicted octanol–water partition coefficient (Wildman–Crippen LogP) is 3.61. The first-order valence-electron chi connectivity index (χ1n) is 8.98. The topological polar surface area (TPSA) is 122 Å². The highest BCUT2D eigenvalue weighted by Crippen LogP contribution is 2.35. The second-order valence-electron chi connectivity index (χ2n) is 6.14. The minimum Gasteiger partial charge on any atom is -0.465 e. The Hall–Kier alpha value is -2.94. The van der Waals surface area contributed by atoms with Gasteiger partial charge in [-0.05, 0) is 38.5 Å². The zero-order chi connectivity index (χ0) is 21.6. The van der Waals surface area contributed by atoms with E-state index in [1.165, 1.54) is 6.92 Å². The van der Waals surface area contributed by atoms with Crippen LogP contribution in [0.25, 0.3) is 0 Å². The van der Waals surface area contributed by atoms with Crippen LogP contribution in [-0.2, 0) is 25.5 Å². The Morgan fingerprint density at radius 1 is 1.24 bits per heavy atom. The van der Waals surface area contributed by atoms with Crippen LogP contribution in [0.2, 0.25) is 5.02 Å². The van der Waals surface area contributed by atoms with Gasteiger partial charge in [0.2, 0.25) is 5.76 Å². The van der Waals surface area contributed by atoms with E-state index in [1.54, 1.807) is 38.1 Å². The number of aromatic nitrogens is 1. The maximum absolute atomic E-state index is 12.6. The number of benzene rings is 1. The lowest BCUT2D eigenvalue weighted by Crippen LogP contribution is -2.34. The highest BCUT2D eigenvalue weighted by Gasteiger charge is 2.41. The number of rotatable bonds is 9. The molecule has 0 saturated heterocycles. The molecule has 1 aromatic carbocycles. The highest BCUT2D eigenvalue weighted by atomic mass is 35.5. The van der Waals surface area contributed by atoms with Crippen LogP contribution in [0.1, 0.15) is 36.8 Å². The highest BCUT2D eigenvalue weighted by molar-refractivity contribution is 6.30. The zero-order valence-electron chi connectivity index (χ0n) is 16.2. The molecular formula is C19H21ClN2O7. The molecule has 0 aliphatic rings. The maximum atomic E-state index is 12.6. The SMILES string of the molecule is CCOC(=O)C(C(=O)OCC)C(Cc1onc(C)c1[N+](=O)[O-])c1cccc(Cl)c1. The summed E-state index contributed by atoms with van der Waals surface area (Å²) >= 11 is 6.09. The largest absolute Gasteiger partial charge is 0.465 e. The first-order valence-corrected chi connectivity index (χ1v) is 9.36. The fraction of sp³-hybridized carbons (Fsp3) is 0.421. The van der Waals surface area contributed by atoms with Crippen molar-refractivity contribution in [1.82, 2.24) is 5.16 Å². The average molecular weight is 425 g/mol. The minimum atomic E-state index is -1.36. The summed E-state index contributed by atoms with van der Waals surface area (Å²) in [7, 11) is 0. The number of hydrogen-bond acceptors (Lipinski definition) is 8. The van der Waals surface area contributed by atoms with Gasteiger partial charge in [-0.25, -0.2) is 0 Å². The van der Waals surface area contributed by atoms with E-state index in [0.29, 0.717) is 10.6 Å². The third kappa shape index (κ3) is 5.32. The van der Waals surface area contributed by atoms with Gasteiger partial charge in [-0.1, -0.05) is 28.9 Å². The van der Waals surface area contributed by atoms with Crippen molar-refractivity contribution in [1.29, 1.82) is 0 Å². The molecule has 156 valence electrons. The van der Waals surface area contributed by atoms with E-state index in [0.717, 1.165) is 0 Å². The monoisotopic (exact) mass is 424 g/mol. The van der Waals surface area contributed by atoms with E-state index in [2.05, 4.69) is 5.16 Å². The van der Waals surface area contributed by atoms with Crippen molar-refractivity contribution in [3.8, 4) is 0 Å².